The van der Waals surface area contributed by atoms with Gasteiger partial charge in [0.1, 0.15) is 5.82 Å². The van der Waals surface area contributed by atoms with Crippen molar-refractivity contribution in [3.8, 4) is 0 Å². The molecule has 0 N–H and O–H groups in total. The first-order valence-electron chi connectivity index (χ1n) is 10.4. The zero-order chi connectivity index (χ0) is 21.1. The van der Waals surface area contributed by atoms with E-state index in [0.29, 0.717) is 44.8 Å². The van der Waals surface area contributed by atoms with Crippen LogP contribution >= 0.6 is 0 Å². The number of nitrogens with zero attached hydrogens (tertiary/aromatic N) is 3. The first-order valence-corrected chi connectivity index (χ1v) is 11.8. The van der Waals surface area contributed by atoms with Gasteiger partial charge in [0.2, 0.25) is 10.0 Å². The molecule has 2 aliphatic rings. The minimum absolute atomic E-state index is 0.163. The third-order valence-electron chi connectivity index (χ3n) is 5.79. The van der Waals surface area contributed by atoms with Crippen LogP contribution in [-0.2, 0) is 10.0 Å². The van der Waals surface area contributed by atoms with E-state index in [1.807, 2.05) is 0 Å². The fourth-order valence-corrected chi connectivity index (χ4v) is 5.61. The molecule has 8 heteroatoms. The number of piperidine rings is 1. The zero-order valence-corrected chi connectivity index (χ0v) is 17.7. The number of hydrogen-bond donors (Lipinski definition) is 0. The lowest BCUT2D eigenvalue weighted by molar-refractivity contribution is 0.0746. The molecular formula is C22H26FN3O3S. The minimum Gasteiger partial charge on any atom is -0.368 e. The maximum atomic E-state index is 13.1. The summed E-state index contributed by atoms with van der Waals surface area (Å²) in [7, 11) is -3.57. The molecule has 30 heavy (non-hydrogen) atoms. The normalized spacial score (nSPS) is 18.4. The molecule has 2 fully saturated rings. The summed E-state index contributed by atoms with van der Waals surface area (Å²) in [4.78, 5) is 17.0. The van der Waals surface area contributed by atoms with E-state index < -0.39 is 10.0 Å². The smallest absolute Gasteiger partial charge is 0.254 e. The molecule has 2 aromatic rings. The van der Waals surface area contributed by atoms with E-state index >= 15 is 0 Å². The number of amides is 1. The van der Waals surface area contributed by atoms with Gasteiger partial charge >= 0.3 is 0 Å². The Kier molecular flexibility index (Phi) is 6.06. The molecule has 0 bridgehead atoms. The number of benzene rings is 2. The molecule has 1 amide bonds. The lowest BCUT2D eigenvalue weighted by atomic mass is 10.1. The van der Waals surface area contributed by atoms with Gasteiger partial charge in [-0.25, -0.2) is 12.8 Å². The summed E-state index contributed by atoms with van der Waals surface area (Å²) in [6.07, 6.45) is 2.79. The molecule has 2 aliphatic heterocycles. The molecule has 0 spiro atoms. The molecule has 0 aliphatic carbocycles. The number of halogens is 1. The summed E-state index contributed by atoms with van der Waals surface area (Å²) in [5.41, 5.74) is 1.32. The molecule has 0 atom stereocenters. The van der Waals surface area contributed by atoms with Crippen LogP contribution in [0.4, 0.5) is 10.1 Å². The van der Waals surface area contributed by atoms with Gasteiger partial charge in [-0.2, -0.15) is 4.31 Å². The quantitative estimate of drug-likeness (QED) is 0.747. The Morgan fingerprint density at radius 1 is 0.833 bits per heavy atom. The van der Waals surface area contributed by atoms with Crippen molar-refractivity contribution in [2.75, 3.05) is 44.2 Å². The molecule has 2 aromatic carbocycles. The van der Waals surface area contributed by atoms with Crippen molar-refractivity contribution in [2.45, 2.75) is 24.2 Å². The fraction of sp³-hybridized carbons (Fsp3) is 0.409. The second-order valence-electron chi connectivity index (χ2n) is 7.75. The van der Waals surface area contributed by atoms with Crippen molar-refractivity contribution in [3.63, 3.8) is 0 Å². The number of carbonyl (C=O) groups is 1. The maximum Gasteiger partial charge on any atom is 0.254 e. The first-order chi connectivity index (χ1) is 14.4. The van der Waals surface area contributed by atoms with Gasteiger partial charge in [-0.1, -0.05) is 12.5 Å². The van der Waals surface area contributed by atoms with E-state index in [4.69, 9.17) is 0 Å². The topological polar surface area (TPSA) is 60.9 Å². The van der Waals surface area contributed by atoms with E-state index in [2.05, 4.69) is 4.90 Å². The molecule has 4 rings (SSSR count). The summed E-state index contributed by atoms with van der Waals surface area (Å²) >= 11 is 0. The molecule has 0 saturated carbocycles. The largest absolute Gasteiger partial charge is 0.368 e. The van der Waals surface area contributed by atoms with Gasteiger partial charge in [0, 0.05) is 50.5 Å². The van der Waals surface area contributed by atoms with Crippen molar-refractivity contribution in [1.82, 2.24) is 9.21 Å². The van der Waals surface area contributed by atoms with Crippen LogP contribution in [0.2, 0.25) is 0 Å². The number of sulfonamides is 1. The monoisotopic (exact) mass is 431 g/mol. The maximum absolute atomic E-state index is 13.1. The number of hydrogen-bond acceptors (Lipinski definition) is 4. The van der Waals surface area contributed by atoms with E-state index in [0.717, 1.165) is 24.9 Å². The van der Waals surface area contributed by atoms with Gasteiger partial charge in [-0.05, 0) is 55.3 Å². The van der Waals surface area contributed by atoms with Gasteiger partial charge in [-0.3, -0.25) is 4.79 Å². The summed E-state index contributed by atoms with van der Waals surface area (Å²) in [6.45, 7) is 3.41. The molecule has 0 aromatic heterocycles. The molecule has 2 saturated heterocycles. The Hall–Kier alpha value is -2.45. The van der Waals surface area contributed by atoms with Crippen molar-refractivity contribution >= 4 is 21.6 Å². The lowest BCUT2D eigenvalue weighted by Gasteiger charge is -2.36. The highest BCUT2D eigenvalue weighted by Crippen LogP contribution is 2.23. The van der Waals surface area contributed by atoms with Crippen LogP contribution in [0.3, 0.4) is 0 Å². The Labute approximate surface area is 176 Å². The number of piperazine rings is 1. The van der Waals surface area contributed by atoms with Gasteiger partial charge < -0.3 is 9.80 Å². The average molecular weight is 432 g/mol. The third kappa shape index (κ3) is 4.34. The Bertz CT molecular complexity index is 997. The summed E-state index contributed by atoms with van der Waals surface area (Å²) in [5, 5.41) is 0. The van der Waals surface area contributed by atoms with Gasteiger partial charge in [0.25, 0.3) is 5.91 Å². The highest BCUT2D eigenvalue weighted by atomic mass is 32.2. The van der Waals surface area contributed by atoms with E-state index in [-0.39, 0.29) is 16.6 Å². The second-order valence-corrected chi connectivity index (χ2v) is 9.69. The molecule has 0 radical (unpaired) electrons. The molecule has 2 heterocycles. The predicted octanol–water partition coefficient (Wildman–Crippen LogP) is 2.96. The summed E-state index contributed by atoms with van der Waals surface area (Å²) in [5.74, 6) is -0.434. The van der Waals surface area contributed by atoms with E-state index in [9.17, 15) is 17.6 Å². The van der Waals surface area contributed by atoms with Crippen LogP contribution < -0.4 is 4.90 Å². The molecular weight excluding hydrogens is 405 g/mol. The van der Waals surface area contributed by atoms with Crippen molar-refractivity contribution in [1.29, 1.82) is 0 Å². The van der Waals surface area contributed by atoms with Crippen molar-refractivity contribution in [3.05, 3.63) is 59.9 Å². The zero-order valence-electron chi connectivity index (χ0n) is 16.8. The van der Waals surface area contributed by atoms with Crippen LogP contribution in [0.5, 0.6) is 0 Å². The minimum atomic E-state index is -3.57. The second kappa shape index (κ2) is 8.73. The summed E-state index contributed by atoms with van der Waals surface area (Å²) in [6, 6.07) is 12.7. The standard InChI is InChI=1S/C22H26FN3O3S/c23-19-7-9-20(10-8-19)24-13-15-25(16-14-24)22(27)18-5-4-6-21(17-18)30(28,29)26-11-2-1-3-12-26/h4-10,17H,1-3,11-16H2. The number of rotatable bonds is 4. The van der Waals surface area contributed by atoms with Gasteiger partial charge in [-0.15, -0.1) is 0 Å². The predicted molar refractivity (Wildman–Crippen MR) is 114 cm³/mol. The highest BCUT2D eigenvalue weighted by molar-refractivity contribution is 7.89. The Morgan fingerprint density at radius 3 is 2.17 bits per heavy atom. The molecule has 0 unspecified atom stereocenters. The van der Waals surface area contributed by atoms with Crippen LogP contribution in [0.25, 0.3) is 0 Å². The van der Waals surface area contributed by atoms with Crippen LogP contribution in [0.15, 0.2) is 53.4 Å². The van der Waals surface area contributed by atoms with Gasteiger partial charge in [0.05, 0.1) is 4.90 Å². The Balaban J connectivity index is 1.44. The van der Waals surface area contributed by atoms with Crippen LogP contribution in [0, 0.1) is 5.82 Å². The number of anilines is 1. The van der Waals surface area contributed by atoms with Crippen LogP contribution in [-0.4, -0.2) is 62.8 Å². The molecule has 160 valence electrons. The lowest BCUT2D eigenvalue weighted by Crippen LogP contribution is -2.48. The number of carbonyl (C=O) groups excluding carboxylic acids is 1. The third-order valence-corrected chi connectivity index (χ3v) is 7.69. The fourth-order valence-electron chi connectivity index (χ4n) is 4.05. The Morgan fingerprint density at radius 2 is 1.50 bits per heavy atom. The average Bonchev–Trinajstić information content (AvgIpc) is 2.80. The SMILES string of the molecule is O=C(c1cccc(S(=O)(=O)N2CCCCC2)c1)N1CCN(c2ccc(F)cc2)CC1. The first kappa shape index (κ1) is 20.8. The van der Waals surface area contributed by atoms with E-state index in [1.54, 1.807) is 35.2 Å². The highest BCUT2D eigenvalue weighted by Gasteiger charge is 2.28. The van der Waals surface area contributed by atoms with E-state index in [1.165, 1.54) is 22.5 Å². The summed E-state index contributed by atoms with van der Waals surface area (Å²) < 4.78 is 40.5. The van der Waals surface area contributed by atoms with Crippen LogP contribution in [0.1, 0.15) is 29.6 Å². The van der Waals surface area contributed by atoms with Gasteiger partial charge in [0.15, 0.2) is 0 Å². The van der Waals surface area contributed by atoms with Crippen molar-refractivity contribution in [2.24, 2.45) is 0 Å². The molecule has 6 nitrogen and oxygen atoms in total. The van der Waals surface area contributed by atoms with Crippen molar-refractivity contribution < 1.29 is 17.6 Å².